The maximum absolute atomic E-state index is 11.6. The fourth-order valence-electron chi connectivity index (χ4n) is 2.43. The Hall–Kier alpha value is -1.73. The summed E-state index contributed by atoms with van der Waals surface area (Å²) in [7, 11) is -3.25. The number of benzene rings is 1. The molecule has 0 spiro atoms. The lowest BCUT2D eigenvalue weighted by molar-refractivity contribution is 0.367. The monoisotopic (exact) mass is 307 g/mol. The molecule has 1 atom stereocenters. The van der Waals surface area contributed by atoms with E-state index in [1.807, 2.05) is 0 Å². The van der Waals surface area contributed by atoms with Gasteiger partial charge in [0.2, 0.25) is 0 Å². The molecule has 0 saturated carbocycles. The SMILES string of the molecule is CS(=O)(=O)c1cccc(-c2nc(C3CCCCN3)no2)c1. The fraction of sp³-hybridized carbons (Fsp3) is 0.429. The number of hydrogen-bond donors (Lipinski definition) is 1. The molecule has 1 aromatic carbocycles. The zero-order chi connectivity index (χ0) is 14.9. The van der Waals surface area contributed by atoms with Crippen LogP contribution in [0.15, 0.2) is 33.7 Å². The molecule has 7 heteroatoms. The number of aromatic nitrogens is 2. The summed E-state index contributed by atoms with van der Waals surface area (Å²) in [4.78, 5) is 4.64. The number of sulfone groups is 1. The Kier molecular flexibility index (Phi) is 3.77. The first-order chi connectivity index (χ1) is 10.0. The normalized spacial score (nSPS) is 19.6. The Morgan fingerprint density at radius 1 is 1.33 bits per heavy atom. The van der Waals surface area contributed by atoms with E-state index in [1.165, 1.54) is 6.26 Å². The van der Waals surface area contributed by atoms with Crippen LogP contribution in [0.3, 0.4) is 0 Å². The predicted molar refractivity (Wildman–Crippen MR) is 77.4 cm³/mol. The van der Waals surface area contributed by atoms with E-state index in [-0.39, 0.29) is 10.9 Å². The molecule has 1 aromatic heterocycles. The second-order valence-corrected chi connectivity index (χ2v) is 7.28. The standard InChI is InChI=1S/C14H17N3O3S/c1-21(18,19)11-6-4-5-10(9-11)14-16-13(17-20-14)12-7-2-3-8-15-12/h4-6,9,12,15H,2-3,7-8H2,1H3. The molecule has 0 amide bonds. The molecule has 1 aliphatic rings. The number of rotatable bonds is 3. The van der Waals surface area contributed by atoms with Gasteiger partial charge < -0.3 is 9.84 Å². The molecule has 1 saturated heterocycles. The minimum absolute atomic E-state index is 0.120. The molecule has 0 radical (unpaired) electrons. The van der Waals surface area contributed by atoms with Crippen LogP contribution < -0.4 is 5.32 Å². The topological polar surface area (TPSA) is 85.1 Å². The lowest BCUT2D eigenvalue weighted by Crippen LogP contribution is -2.27. The van der Waals surface area contributed by atoms with Crippen molar-refractivity contribution < 1.29 is 12.9 Å². The smallest absolute Gasteiger partial charge is 0.258 e. The van der Waals surface area contributed by atoms with E-state index in [9.17, 15) is 8.42 Å². The molecule has 0 bridgehead atoms. The molecule has 1 unspecified atom stereocenters. The predicted octanol–water partition coefficient (Wildman–Crippen LogP) is 1.95. The van der Waals surface area contributed by atoms with Crippen molar-refractivity contribution in [2.75, 3.05) is 12.8 Å². The van der Waals surface area contributed by atoms with Crippen molar-refractivity contribution in [3.05, 3.63) is 30.1 Å². The van der Waals surface area contributed by atoms with Crippen molar-refractivity contribution in [1.82, 2.24) is 15.5 Å². The summed E-state index contributed by atoms with van der Waals surface area (Å²) in [5.74, 6) is 0.984. The zero-order valence-electron chi connectivity index (χ0n) is 11.7. The molecule has 2 aromatic rings. The molecule has 1 fully saturated rings. The molecule has 112 valence electrons. The van der Waals surface area contributed by atoms with E-state index < -0.39 is 9.84 Å². The van der Waals surface area contributed by atoms with Crippen molar-refractivity contribution in [3.63, 3.8) is 0 Å². The maximum Gasteiger partial charge on any atom is 0.258 e. The summed E-state index contributed by atoms with van der Waals surface area (Å²) in [6, 6.07) is 6.67. The van der Waals surface area contributed by atoms with E-state index in [2.05, 4.69) is 15.5 Å². The van der Waals surface area contributed by atoms with Gasteiger partial charge in [-0.15, -0.1) is 0 Å². The van der Waals surface area contributed by atoms with Crippen molar-refractivity contribution in [2.24, 2.45) is 0 Å². The van der Waals surface area contributed by atoms with Gasteiger partial charge in [-0.05, 0) is 37.6 Å². The van der Waals surface area contributed by atoms with E-state index >= 15 is 0 Å². The van der Waals surface area contributed by atoms with Gasteiger partial charge in [-0.25, -0.2) is 8.42 Å². The number of hydrogen-bond acceptors (Lipinski definition) is 6. The number of piperidine rings is 1. The number of nitrogens with one attached hydrogen (secondary N) is 1. The van der Waals surface area contributed by atoms with Crippen LogP contribution in [0, 0.1) is 0 Å². The average Bonchev–Trinajstić information content (AvgIpc) is 2.97. The largest absolute Gasteiger partial charge is 0.334 e. The van der Waals surface area contributed by atoms with Gasteiger partial charge in [-0.2, -0.15) is 4.98 Å². The van der Waals surface area contributed by atoms with E-state index in [0.29, 0.717) is 17.3 Å². The summed E-state index contributed by atoms with van der Waals surface area (Å²) in [6.45, 7) is 0.956. The van der Waals surface area contributed by atoms with Gasteiger partial charge in [0.1, 0.15) is 0 Å². The van der Waals surface area contributed by atoms with Crippen molar-refractivity contribution in [3.8, 4) is 11.5 Å². The third-order valence-electron chi connectivity index (χ3n) is 3.57. The Morgan fingerprint density at radius 2 is 2.19 bits per heavy atom. The van der Waals surface area contributed by atoms with Crippen molar-refractivity contribution in [2.45, 2.75) is 30.2 Å². The highest BCUT2D eigenvalue weighted by Crippen LogP contribution is 2.25. The van der Waals surface area contributed by atoms with Gasteiger partial charge >= 0.3 is 0 Å². The summed E-state index contributed by atoms with van der Waals surface area (Å²) in [5, 5.41) is 7.36. The Balaban J connectivity index is 1.89. The highest BCUT2D eigenvalue weighted by Gasteiger charge is 2.21. The van der Waals surface area contributed by atoms with Crippen LogP contribution in [0.2, 0.25) is 0 Å². The van der Waals surface area contributed by atoms with Crippen LogP contribution in [0.1, 0.15) is 31.1 Å². The van der Waals surface area contributed by atoms with Gasteiger partial charge in [-0.1, -0.05) is 17.6 Å². The lowest BCUT2D eigenvalue weighted by Gasteiger charge is -2.19. The quantitative estimate of drug-likeness (QED) is 0.933. The highest BCUT2D eigenvalue weighted by molar-refractivity contribution is 7.90. The third-order valence-corrected chi connectivity index (χ3v) is 4.68. The van der Waals surface area contributed by atoms with Gasteiger partial charge in [0.15, 0.2) is 15.7 Å². The molecule has 21 heavy (non-hydrogen) atoms. The molecule has 6 nitrogen and oxygen atoms in total. The van der Waals surface area contributed by atoms with Crippen LogP contribution in [-0.2, 0) is 9.84 Å². The molecular formula is C14H17N3O3S. The summed E-state index contributed by atoms with van der Waals surface area (Å²) in [6.07, 6.45) is 4.47. The Labute approximate surface area is 123 Å². The highest BCUT2D eigenvalue weighted by atomic mass is 32.2. The minimum Gasteiger partial charge on any atom is -0.334 e. The third kappa shape index (κ3) is 3.14. The first-order valence-corrected chi connectivity index (χ1v) is 8.81. The van der Waals surface area contributed by atoms with Crippen molar-refractivity contribution in [1.29, 1.82) is 0 Å². The van der Waals surface area contributed by atoms with Crippen LogP contribution in [0.4, 0.5) is 0 Å². The minimum atomic E-state index is -3.25. The average molecular weight is 307 g/mol. The Bertz CT molecular complexity index is 733. The van der Waals surface area contributed by atoms with E-state index in [4.69, 9.17) is 4.52 Å². The molecule has 0 aliphatic carbocycles. The first kappa shape index (κ1) is 14.2. The maximum atomic E-state index is 11.6. The van der Waals surface area contributed by atoms with Gasteiger partial charge in [0.25, 0.3) is 5.89 Å². The zero-order valence-corrected chi connectivity index (χ0v) is 12.6. The van der Waals surface area contributed by atoms with Crippen LogP contribution in [0.25, 0.3) is 11.5 Å². The molecule has 3 rings (SSSR count). The van der Waals surface area contributed by atoms with Gasteiger partial charge in [0, 0.05) is 11.8 Å². The second-order valence-electron chi connectivity index (χ2n) is 5.26. The van der Waals surface area contributed by atoms with Crippen molar-refractivity contribution >= 4 is 9.84 Å². The van der Waals surface area contributed by atoms with Crippen LogP contribution in [-0.4, -0.2) is 31.4 Å². The van der Waals surface area contributed by atoms with Gasteiger partial charge in [0.05, 0.1) is 10.9 Å². The van der Waals surface area contributed by atoms with E-state index in [0.717, 1.165) is 25.8 Å². The van der Waals surface area contributed by atoms with Crippen LogP contribution >= 0.6 is 0 Å². The summed E-state index contributed by atoms with van der Waals surface area (Å²) >= 11 is 0. The molecule has 1 N–H and O–H groups in total. The van der Waals surface area contributed by atoms with Gasteiger partial charge in [-0.3, -0.25) is 0 Å². The lowest BCUT2D eigenvalue weighted by atomic mass is 10.0. The molecule has 2 heterocycles. The molecule has 1 aliphatic heterocycles. The summed E-state index contributed by atoms with van der Waals surface area (Å²) in [5.41, 5.74) is 0.618. The summed E-state index contributed by atoms with van der Waals surface area (Å²) < 4.78 is 28.5. The fourth-order valence-corrected chi connectivity index (χ4v) is 3.09. The second kappa shape index (κ2) is 5.57. The number of nitrogens with zero attached hydrogens (tertiary/aromatic N) is 2. The Morgan fingerprint density at radius 3 is 2.90 bits per heavy atom. The first-order valence-electron chi connectivity index (χ1n) is 6.91. The van der Waals surface area contributed by atoms with Crippen LogP contribution in [0.5, 0.6) is 0 Å². The molecular weight excluding hydrogens is 290 g/mol. The van der Waals surface area contributed by atoms with E-state index in [1.54, 1.807) is 24.3 Å².